The van der Waals surface area contributed by atoms with Crippen molar-refractivity contribution in [2.45, 2.75) is 133 Å². The molecule has 0 aromatic rings. The van der Waals surface area contributed by atoms with Crippen molar-refractivity contribution in [2.24, 2.45) is 0 Å². The van der Waals surface area contributed by atoms with Crippen LogP contribution in [0.15, 0.2) is 0 Å². The van der Waals surface area contributed by atoms with Gasteiger partial charge in [-0.25, -0.2) is 0 Å². The summed E-state index contributed by atoms with van der Waals surface area (Å²) in [5, 5.41) is 5.49. The van der Waals surface area contributed by atoms with Gasteiger partial charge in [0.15, 0.2) is 5.60 Å². The van der Waals surface area contributed by atoms with Gasteiger partial charge < -0.3 is 10.1 Å². The second-order valence-electron chi connectivity index (χ2n) is 10.7. The van der Waals surface area contributed by atoms with Crippen molar-refractivity contribution in [3.8, 4) is 0 Å². The summed E-state index contributed by atoms with van der Waals surface area (Å²) in [7, 11) is 0. The largest absolute Gasteiger partial charge is 0.339 e. The van der Waals surface area contributed by atoms with Gasteiger partial charge in [-0.05, 0) is 66.2 Å². The Morgan fingerprint density at radius 1 is 0.926 bits per heavy atom. The number of rotatable bonds is 2. The van der Waals surface area contributed by atoms with Crippen LogP contribution < -0.4 is 5.32 Å². The lowest BCUT2D eigenvalue weighted by Crippen LogP contribution is -2.67. The molecule has 2 aliphatic carbocycles. The number of hydrogen-bond acceptors (Lipinski definition) is 4. The highest BCUT2D eigenvalue weighted by Gasteiger charge is 2.64. The molecule has 2 saturated heterocycles. The zero-order chi connectivity index (χ0) is 19.3. The molecule has 0 aromatic heterocycles. The molecule has 27 heavy (non-hydrogen) atoms. The van der Waals surface area contributed by atoms with Crippen LogP contribution in [0.2, 0.25) is 0 Å². The van der Waals surface area contributed by atoms with Crippen molar-refractivity contribution in [1.29, 1.82) is 0 Å². The maximum Gasteiger partial charge on any atom is 0.254 e. The van der Waals surface area contributed by atoms with Gasteiger partial charge in [-0.3, -0.25) is 9.63 Å². The fourth-order valence-corrected chi connectivity index (χ4v) is 6.38. The van der Waals surface area contributed by atoms with Crippen LogP contribution in [-0.4, -0.2) is 39.5 Å². The zero-order valence-electron chi connectivity index (χ0n) is 17.7. The molecule has 0 radical (unpaired) electrons. The minimum Gasteiger partial charge on any atom is -0.339 e. The average Bonchev–Trinajstić information content (AvgIpc) is 2.82. The van der Waals surface area contributed by atoms with Crippen LogP contribution in [0.25, 0.3) is 0 Å². The third-order valence-corrected chi connectivity index (χ3v) is 7.15. The third-order valence-electron chi connectivity index (χ3n) is 7.15. The van der Waals surface area contributed by atoms with E-state index in [4.69, 9.17) is 9.57 Å². The Labute approximate surface area is 164 Å². The fourth-order valence-electron chi connectivity index (χ4n) is 6.38. The minimum absolute atomic E-state index is 0.0999. The van der Waals surface area contributed by atoms with Crippen molar-refractivity contribution in [2.75, 3.05) is 0 Å². The molecule has 2 saturated carbocycles. The van der Waals surface area contributed by atoms with Crippen molar-refractivity contribution < 1.29 is 14.4 Å². The molecule has 4 rings (SSSR count). The molecule has 1 amide bonds. The Balaban J connectivity index is 1.56. The summed E-state index contributed by atoms with van der Waals surface area (Å²) in [6.45, 7) is 8.84. The number of nitrogens with zero attached hydrogens (tertiary/aromatic N) is 1. The van der Waals surface area contributed by atoms with Gasteiger partial charge in [0.05, 0.1) is 6.10 Å². The van der Waals surface area contributed by atoms with Gasteiger partial charge in [0, 0.05) is 23.9 Å². The number of hydrogen-bond donors (Lipinski definition) is 1. The zero-order valence-corrected chi connectivity index (χ0v) is 17.7. The van der Waals surface area contributed by atoms with Crippen molar-refractivity contribution in [3.05, 3.63) is 0 Å². The molecule has 1 N–H and O–H groups in total. The number of piperidine rings is 1. The second kappa shape index (κ2) is 6.70. The Hall–Kier alpha value is -0.650. The van der Waals surface area contributed by atoms with Crippen LogP contribution in [0.5, 0.6) is 0 Å². The summed E-state index contributed by atoms with van der Waals surface area (Å²) in [6, 6.07) is 0. The molecule has 5 heteroatoms. The SMILES string of the molecule is CC1(C)CC2(CC(C)(C)N1OC1CCCCC1)OC1(CCCCC1)NC2=O. The van der Waals surface area contributed by atoms with E-state index in [-0.39, 0.29) is 17.0 Å². The van der Waals surface area contributed by atoms with E-state index in [9.17, 15) is 4.79 Å². The first-order chi connectivity index (χ1) is 12.7. The van der Waals surface area contributed by atoms with Gasteiger partial charge in [-0.2, -0.15) is 5.06 Å². The van der Waals surface area contributed by atoms with E-state index < -0.39 is 11.3 Å². The summed E-state index contributed by atoms with van der Waals surface area (Å²) in [5.74, 6) is 0.0999. The molecule has 2 heterocycles. The number of carbonyl (C=O) groups is 1. The monoisotopic (exact) mass is 378 g/mol. The van der Waals surface area contributed by atoms with E-state index >= 15 is 0 Å². The molecule has 0 aromatic carbocycles. The first-order valence-electron chi connectivity index (χ1n) is 11.2. The standard InChI is InChI=1S/C22H38N2O3/c1-19(2)15-21(18(25)23-22(27-21)13-9-6-10-14-22)16-20(3,4)24(19)26-17-11-7-5-8-12-17/h17H,5-16H2,1-4H3,(H,23,25). The lowest BCUT2D eigenvalue weighted by Gasteiger charge is -2.57. The van der Waals surface area contributed by atoms with Crippen molar-refractivity contribution in [1.82, 2.24) is 10.4 Å². The minimum atomic E-state index is -0.725. The first-order valence-corrected chi connectivity index (χ1v) is 11.2. The molecule has 2 aliphatic heterocycles. The van der Waals surface area contributed by atoms with Gasteiger partial charge in [0.25, 0.3) is 5.91 Å². The third kappa shape index (κ3) is 3.56. The van der Waals surface area contributed by atoms with Crippen LogP contribution >= 0.6 is 0 Å². The topological polar surface area (TPSA) is 50.8 Å². The summed E-state index contributed by atoms with van der Waals surface area (Å²) >= 11 is 0. The van der Waals surface area contributed by atoms with Crippen LogP contribution in [0.3, 0.4) is 0 Å². The quantitative estimate of drug-likeness (QED) is 0.771. The highest BCUT2D eigenvalue weighted by Crippen LogP contribution is 2.51. The first kappa shape index (κ1) is 19.7. The molecule has 0 atom stereocenters. The average molecular weight is 379 g/mol. The van der Waals surface area contributed by atoms with Gasteiger partial charge in [0.2, 0.25) is 0 Å². The normalized spacial score (nSPS) is 32.7. The van der Waals surface area contributed by atoms with E-state index in [2.05, 4.69) is 38.1 Å². The molecule has 2 spiro atoms. The Morgan fingerprint density at radius 2 is 1.48 bits per heavy atom. The van der Waals surface area contributed by atoms with Gasteiger partial charge in [-0.1, -0.05) is 25.7 Å². The maximum atomic E-state index is 13.2. The number of ether oxygens (including phenoxy) is 1. The Kier molecular flexibility index (Phi) is 4.88. The molecule has 154 valence electrons. The van der Waals surface area contributed by atoms with E-state index in [1.165, 1.54) is 25.7 Å². The van der Waals surface area contributed by atoms with Crippen LogP contribution in [0, 0.1) is 0 Å². The van der Waals surface area contributed by atoms with Gasteiger partial charge in [-0.15, -0.1) is 0 Å². The number of amides is 1. The van der Waals surface area contributed by atoms with E-state index in [1.807, 2.05) is 0 Å². The number of nitrogens with one attached hydrogen (secondary N) is 1. The van der Waals surface area contributed by atoms with Crippen molar-refractivity contribution in [3.63, 3.8) is 0 Å². The van der Waals surface area contributed by atoms with Gasteiger partial charge in [0.1, 0.15) is 5.72 Å². The Bertz CT molecular complexity index is 556. The number of carbonyl (C=O) groups excluding carboxylic acids is 1. The van der Waals surface area contributed by atoms with Crippen LogP contribution in [-0.2, 0) is 14.4 Å². The maximum absolute atomic E-state index is 13.2. The van der Waals surface area contributed by atoms with Crippen LogP contribution in [0.1, 0.15) is 105 Å². The lowest BCUT2D eigenvalue weighted by molar-refractivity contribution is -0.330. The fraction of sp³-hybridized carbons (Fsp3) is 0.955. The summed E-state index contributed by atoms with van der Waals surface area (Å²) in [4.78, 5) is 19.8. The Morgan fingerprint density at radius 3 is 2.07 bits per heavy atom. The van der Waals surface area contributed by atoms with Gasteiger partial charge >= 0.3 is 0 Å². The van der Waals surface area contributed by atoms with E-state index in [1.54, 1.807) is 0 Å². The smallest absolute Gasteiger partial charge is 0.254 e. The molecule has 4 fully saturated rings. The molecule has 4 aliphatic rings. The van der Waals surface area contributed by atoms with E-state index in [0.29, 0.717) is 18.9 Å². The summed E-state index contributed by atoms with van der Waals surface area (Å²) in [6.07, 6.45) is 13.2. The predicted octanol–water partition coefficient (Wildman–Crippen LogP) is 4.45. The van der Waals surface area contributed by atoms with Crippen molar-refractivity contribution >= 4 is 5.91 Å². The molecule has 0 bridgehead atoms. The molecular formula is C22H38N2O3. The highest BCUT2D eigenvalue weighted by molar-refractivity contribution is 5.88. The predicted molar refractivity (Wildman–Crippen MR) is 105 cm³/mol. The molecular weight excluding hydrogens is 340 g/mol. The molecule has 0 unspecified atom stereocenters. The summed E-state index contributed by atoms with van der Waals surface area (Å²) in [5.41, 5.74) is -1.65. The van der Waals surface area contributed by atoms with E-state index in [0.717, 1.165) is 38.5 Å². The van der Waals surface area contributed by atoms with Crippen LogP contribution in [0.4, 0.5) is 0 Å². The molecule has 5 nitrogen and oxygen atoms in total. The lowest BCUT2D eigenvalue weighted by atomic mass is 9.72. The number of hydroxylamine groups is 2. The summed E-state index contributed by atoms with van der Waals surface area (Å²) < 4.78 is 6.70. The highest BCUT2D eigenvalue weighted by atomic mass is 16.7. The second-order valence-corrected chi connectivity index (χ2v) is 10.7.